The minimum atomic E-state index is -0.674. The molecule has 0 bridgehead atoms. The highest BCUT2D eigenvalue weighted by atomic mass is 16.5. The summed E-state index contributed by atoms with van der Waals surface area (Å²) >= 11 is 0. The topological polar surface area (TPSA) is 83.9 Å². The van der Waals surface area contributed by atoms with Gasteiger partial charge in [0.25, 0.3) is 0 Å². The Morgan fingerprint density at radius 2 is 1.90 bits per heavy atom. The number of benzene rings is 1. The summed E-state index contributed by atoms with van der Waals surface area (Å²) in [6.07, 6.45) is 7.33. The van der Waals surface area contributed by atoms with Crippen LogP contribution in [0.2, 0.25) is 0 Å². The largest absolute Gasteiger partial charge is 0.458 e. The van der Waals surface area contributed by atoms with Gasteiger partial charge in [-0.3, -0.25) is 19.3 Å². The summed E-state index contributed by atoms with van der Waals surface area (Å²) in [6, 6.07) is 10.4. The number of fused-ring (bicyclic) bond motifs is 7. The van der Waals surface area contributed by atoms with Gasteiger partial charge in [0, 0.05) is 37.9 Å². The highest BCUT2D eigenvalue weighted by Gasteiger charge is 2.73. The van der Waals surface area contributed by atoms with Crippen LogP contribution in [0.25, 0.3) is 0 Å². The van der Waals surface area contributed by atoms with E-state index < -0.39 is 22.9 Å². The maximum Gasteiger partial charge on any atom is 0.303 e. The van der Waals surface area contributed by atoms with E-state index in [1.54, 1.807) is 12.2 Å². The Bertz CT molecular complexity index is 1250. The molecule has 1 N–H and O–H groups in total. The first kappa shape index (κ1) is 26.6. The standard InChI is InChI=1S/C33H41NO5/c1-20-12-25-27-13-23-17-34(16-22-8-6-5-7-9-22)19-33(23,29(38)18-39-21(2)35)32(27,4)15-28(37)30(25)31(3)11-10-24(36)14-26(20)31/h5-11,14,20,23,25,27-28,30,37H,12-13,15-19H2,1-4H3/t20-,23-,25-,27?,28-,30?,31-,32-,33+/m0/s1. The molecule has 1 aliphatic heterocycles. The molecule has 0 amide bonds. The van der Waals surface area contributed by atoms with E-state index in [-0.39, 0.29) is 53.2 Å². The molecule has 9 atom stereocenters. The molecule has 4 aliphatic carbocycles. The van der Waals surface area contributed by atoms with Crippen molar-refractivity contribution in [2.75, 3.05) is 19.7 Å². The molecule has 3 saturated carbocycles. The minimum Gasteiger partial charge on any atom is -0.458 e. The summed E-state index contributed by atoms with van der Waals surface area (Å²) in [5.41, 5.74) is 0.922. The minimum absolute atomic E-state index is 0.00715. The summed E-state index contributed by atoms with van der Waals surface area (Å²) < 4.78 is 5.33. The highest BCUT2D eigenvalue weighted by molar-refractivity contribution is 6.01. The molecule has 6 heteroatoms. The number of hydrogen-bond donors (Lipinski definition) is 1. The quantitative estimate of drug-likeness (QED) is 0.568. The van der Waals surface area contributed by atoms with Crippen LogP contribution in [0.3, 0.4) is 0 Å². The number of ether oxygens (including phenoxy) is 1. The average molecular weight is 532 g/mol. The normalized spacial score (nSPS) is 42.7. The summed E-state index contributed by atoms with van der Waals surface area (Å²) in [7, 11) is 0. The van der Waals surface area contributed by atoms with Crippen LogP contribution in [-0.4, -0.2) is 53.3 Å². The number of hydrogen-bond acceptors (Lipinski definition) is 6. The first-order valence-corrected chi connectivity index (χ1v) is 14.6. The summed E-state index contributed by atoms with van der Waals surface area (Å²) in [6.45, 7) is 10.0. The lowest BCUT2D eigenvalue weighted by atomic mass is 9.43. The van der Waals surface area contributed by atoms with Crippen molar-refractivity contribution in [3.63, 3.8) is 0 Å². The van der Waals surface area contributed by atoms with Gasteiger partial charge in [0.1, 0.15) is 0 Å². The van der Waals surface area contributed by atoms with Crippen molar-refractivity contribution in [3.05, 3.63) is 59.7 Å². The molecule has 1 saturated heterocycles. The molecule has 0 radical (unpaired) electrons. The van der Waals surface area contributed by atoms with Gasteiger partial charge in [-0.15, -0.1) is 0 Å². The van der Waals surface area contributed by atoms with E-state index >= 15 is 0 Å². The van der Waals surface area contributed by atoms with Crippen molar-refractivity contribution >= 4 is 17.5 Å². The summed E-state index contributed by atoms with van der Waals surface area (Å²) in [4.78, 5) is 40.6. The van der Waals surface area contributed by atoms with Gasteiger partial charge >= 0.3 is 5.97 Å². The number of likely N-dealkylation sites (tertiary alicyclic amines) is 1. The summed E-state index contributed by atoms with van der Waals surface area (Å²) in [5.74, 6) is 0.534. The van der Waals surface area contributed by atoms with E-state index in [0.29, 0.717) is 13.0 Å². The molecule has 5 aliphatic rings. The molecule has 6 rings (SSSR count). The molecule has 1 aromatic rings. The summed E-state index contributed by atoms with van der Waals surface area (Å²) in [5, 5.41) is 12.0. The number of allylic oxidation sites excluding steroid dienone is 4. The van der Waals surface area contributed by atoms with Crippen LogP contribution < -0.4 is 0 Å². The predicted octanol–water partition coefficient (Wildman–Crippen LogP) is 4.37. The number of aliphatic hydroxyl groups is 1. The Morgan fingerprint density at radius 3 is 2.62 bits per heavy atom. The Morgan fingerprint density at radius 1 is 1.15 bits per heavy atom. The number of Topliss-reactive ketones (excluding diaryl/α,β-unsaturated/α-hetero) is 1. The zero-order valence-electron chi connectivity index (χ0n) is 23.6. The van der Waals surface area contributed by atoms with Crippen molar-refractivity contribution in [1.29, 1.82) is 0 Å². The monoisotopic (exact) mass is 531 g/mol. The highest BCUT2D eigenvalue weighted by Crippen LogP contribution is 2.73. The Kier molecular flexibility index (Phi) is 6.31. The second-order valence-electron chi connectivity index (χ2n) is 13.5. The number of esters is 1. The van der Waals surface area contributed by atoms with Crippen LogP contribution in [0.1, 0.15) is 52.5 Å². The first-order chi connectivity index (χ1) is 18.5. The Labute approximate surface area is 231 Å². The number of aliphatic hydroxyl groups excluding tert-OH is 1. The van der Waals surface area contributed by atoms with Crippen molar-refractivity contribution < 1.29 is 24.2 Å². The van der Waals surface area contributed by atoms with Crippen LogP contribution in [-0.2, 0) is 25.7 Å². The number of carbonyl (C=O) groups excluding carboxylic acids is 3. The first-order valence-electron chi connectivity index (χ1n) is 14.6. The number of carbonyl (C=O) groups is 3. The molecular formula is C33H41NO5. The zero-order chi connectivity index (χ0) is 27.7. The second-order valence-corrected chi connectivity index (χ2v) is 13.5. The Balaban J connectivity index is 1.38. The van der Waals surface area contributed by atoms with Gasteiger partial charge < -0.3 is 9.84 Å². The van der Waals surface area contributed by atoms with Crippen molar-refractivity contribution in [1.82, 2.24) is 4.90 Å². The van der Waals surface area contributed by atoms with E-state index in [1.165, 1.54) is 12.5 Å². The molecule has 39 heavy (non-hydrogen) atoms. The number of rotatable bonds is 5. The smallest absolute Gasteiger partial charge is 0.303 e. The average Bonchev–Trinajstić information content (AvgIpc) is 3.36. The Hall–Kier alpha value is -2.57. The fraction of sp³-hybridized carbons (Fsp3) is 0.606. The fourth-order valence-electron chi connectivity index (χ4n) is 10.2. The molecule has 4 fully saturated rings. The maximum atomic E-state index is 14.2. The van der Waals surface area contributed by atoms with Crippen LogP contribution in [0, 0.1) is 45.8 Å². The number of ketones is 2. The van der Waals surface area contributed by atoms with Gasteiger partial charge in [0.15, 0.2) is 18.2 Å². The molecule has 0 aromatic heterocycles. The molecule has 2 unspecified atom stereocenters. The van der Waals surface area contributed by atoms with Gasteiger partial charge in [-0.25, -0.2) is 0 Å². The second kappa shape index (κ2) is 9.24. The third kappa shape index (κ3) is 3.85. The molecule has 0 spiro atoms. The predicted molar refractivity (Wildman–Crippen MR) is 147 cm³/mol. The van der Waals surface area contributed by atoms with Crippen LogP contribution >= 0.6 is 0 Å². The van der Waals surface area contributed by atoms with E-state index in [2.05, 4.69) is 37.8 Å². The lowest BCUT2D eigenvalue weighted by Gasteiger charge is -2.61. The zero-order valence-corrected chi connectivity index (χ0v) is 23.6. The fourth-order valence-corrected chi connectivity index (χ4v) is 10.2. The van der Waals surface area contributed by atoms with E-state index in [9.17, 15) is 19.5 Å². The van der Waals surface area contributed by atoms with Crippen LogP contribution in [0.4, 0.5) is 0 Å². The van der Waals surface area contributed by atoms with Crippen LogP contribution in [0.5, 0.6) is 0 Å². The lowest BCUT2D eigenvalue weighted by Crippen LogP contribution is -2.61. The van der Waals surface area contributed by atoms with E-state index in [0.717, 1.165) is 31.5 Å². The third-order valence-corrected chi connectivity index (χ3v) is 11.6. The molecule has 1 aromatic carbocycles. The SMILES string of the molecule is CC(=O)OCC(=O)[C@@]12CN(Cc3ccccc3)C[C@@H]1CC1[C@@H]3C[C@H](C)C4=CC(=O)C=C[C@]4(C)C3[C@@H](O)C[C@@]12C. The lowest BCUT2D eigenvalue weighted by molar-refractivity contribution is -0.165. The maximum absolute atomic E-state index is 14.2. The van der Waals surface area contributed by atoms with Gasteiger partial charge in [-0.2, -0.15) is 0 Å². The van der Waals surface area contributed by atoms with Gasteiger partial charge in [-0.05, 0) is 66.1 Å². The number of nitrogens with zero attached hydrogens (tertiary/aromatic N) is 1. The van der Waals surface area contributed by atoms with Gasteiger partial charge in [0.05, 0.1) is 11.5 Å². The van der Waals surface area contributed by atoms with Crippen molar-refractivity contribution in [3.8, 4) is 0 Å². The van der Waals surface area contributed by atoms with Crippen molar-refractivity contribution in [2.24, 2.45) is 45.8 Å². The van der Waals surface area contributed by atoms with Gasteiger partial charge in [0.2, 0.25) is 0 Å². The van der Waals surface area contributed by atoms with Gasteiger partial charge in [-0.1, -0.05) is 62.8 Å². The van der Waals surface area contributed by atoms with E-state index in [4.69, 9.17) is 4.74 Å². The molecule has 1 heterocycles. The third-order valence-electron chi connectivity index (χ3n) is 11.6. The van der Waals surface area contributed by atoms with Crippen molar-refractivity contribution in [2.45, 2.75) is 59.6 Å². The van der Waals surface area contributed by atoms with E-state index in [1.807, 2.05) is 24.3 Å². The molecular weight excluding hydrogens is 490 g/mol. The molecule has 208 valence electrons. The van der Waals surface area contributed by atoms with Crippen LogP contribution in [0.15, 0.2) is 54.1 Å². The molecule has 6 nitrogen and oxygen atoms in total.